The van der Waals surface area contributed by atoms with Crippen LogP contribution in [-0.4, -0.2) is 45.7 Å². The monoisotopic (exact) mass is 295 g/mol. The number of nitrogens with zero attached hydrogens (tertiary/aromatic N) is 1. The zero-order chi connectivity index (χ0) is 15.0. The third-order valence-corrected chi connectivity index (χ3v) is 5.71. The number of hydrogen-bond acceptors (Lipinski definition) is 3. The SMILES string of the molecule is O=C(C1CC1C1CCCCC1)N1CCC(O)(C(=O)O)CC1. The normalized spacial score (nSPS) is 32.7. The Labute approximate surface area is 125 Å². The number of aliphatic carboxylic acids is 1. The first-order valence-electron chi connectivity index (χ1n) is 8.26. The maximum atomic E-state index is 12.5. The predicted molar refractivity (Wildman–Crippen MR) is 76.6 cm³/mol. The molecule has 3 fully saturated rings. The van der Waals surface area contributed by atoms with Crippen molar-refractivity contribution in [2.45, 2.75) is 57.0 Å². The van der Waals surface area contributed by atoms with Crippen LogP contribution in [-0.2, 0) is 9.59 Å². The topological polar surface area (TPSA) is 77.8 Å². The van der Waals surface area contributed by atoms with Gasteiger partial charge in [0.25, 0.3) is 0 Å². The molecular weight excluding hydrogens is 270 g/mol. The lowest BCUT2D eigenvalue weighted by Crippen LogP contribution is -2.51. The number of carbonyl (C=O) groups is 2. The third-order valence-electron chi connectivity index (χ3n) is 5.71. The molecule has 3 rings (SSSR count). The molecule has 1 saturated heterocycles. The zero-order valence-corrected chi connectivity index (χ0v) is 12.5. The molecule has 21 heavy (non-hydrogen) atoms. The maximum Gasteiger partial charge on any atom is 0.335 e. The van der Waals surface area contributed by atoms with E-state index in [0.29, 0.717) is 19.0 Å². The molecule has 0 aromatic heterocycles. The lowest BCUT2D eigenvalue weighted by atomic mass is 9.85. The number of carbonyl (C=O) groups excluding carboxylic acids is 1. The molecule has 2 aliphatic carbocycles. The minimum Gasteiger partial charge on any atom is -0.479 e. The van der Waals surface area contributed by atoms with Crippen LogP contribution in [0.2, 0.25) is 0 Å². The quantitative estimate of drug-likeness (QED) is 0.829. The van der Waals surface area contributed by atoms with Gasteiger partial charge in [0.15, 0.2) is 5.60 Å². The molecule has 2 saturated carbocycles. The Morgan fingerprint density at radius 3 is 2.24 bits per heavy atom. The summed E-state index contributed by atoms with van der Waals surface area (Å²) in [6.45, 7) is 0.741. The molecule has 0 aromatic rings. The first-order chi connectivity index (χ1) is 10.0. The Morgan fingerprint density at radius 1 is 1.05 bits per heavy atom. The summed E-state index contributed by atoms with van der Waals surface area (Å²) in [7, 11) is 0. The Morgan fingerprint density at radius 2 is 1.67 bits per heavy atom. The molecule has 1 aliphatic heterocycles. The summed E-state index contributed by atoms with van der Waals surface area (Å²) in [6, 6.07) is 0. The van der Waals surface area contributed by atoms with Gasteiger partial charge in [-0.3, -0.25) is 4.79 Å². The van der Waals surface area contributed by atoms with Gasteiger partial charge in [0.05, 0.1) is 0 Å². The summed E-state index contributed by atoms with van der Waals surface area (Å²) in [5.41, 5.74) is -1.64. The average Bonchev–Trinajstić information content (AvgIpc) is 3.28. The fourth-order valence-electron chi connectivity index (χ4n) is 4.13. The van der Waals surface area contributed by atoms with Gasteiger partial charge in [0.2, 0.25) is 5.91 Å². The van der Waals surface area contributed by atoms with E-state index in [0.717, 1.165) is 12.3 Å². The molecule has 3 aliphatic rings. The number of aliphatic hydroxyl groups is 1. The molecular formula is C16H25NO4. The number of amides is 1. The van der Waals surface area contributed by atoms with E-state index < -0.39 is 11.6 Å². The number of carboxylic acids is 1. The minimum absolute atomic E-state index is 0.148. The van der Waals surface area contributed by atoms with Crippen molar-refractivity contribution in [3.63, 3.8) is 0 Å². The van der Waals surface area contributed by atoms with E-state index in [-0.39, 0.29) is 24.7 Å². The van der Waals surface area contributed by atoms with E-state index in [1.54, 1.807) is 4.90 Å². The van der Waals surface area contributed by atoms with Gasteiger partial charge in [-0.15, -0.1) is 0 Å². The molecule has 118 valence electrons. The standard InChI is InChI=1S/C16H25NO4/c18-14(13-10-12(13)11-4-2-1-3-5-11)17-8-6-16(21,7-9-17)15(19)20/h11-13,21H,1-10H2,(H,19,20). The van der Waals surface area contributed by atoms with Crippen molar-refractivity contribution in [3.8, 4) is 0 Å². The van der Waals surface area contributed by atoms with Crippen molar-refractivity contribution in [2.75, 3.05) is 13.1 Å². The second-order valence-electron chi connectivity index (χ2n) is 7.07. The second-order valence-corrected chi connectivity index (χ2v) is 7.07. The highest BCUT2D eigenvalue weighted by atomic mass is 16.4. The van der Waals surface area contributed by atoms with Crippen LogP contribution in [0, 0.1) is 17.8 Å². The molecule has 0 radical (unpaired) electrons. The van der Waals surface area contributed by atoms with Crippen LogP contribution in [0.15, 0.2) is 0 Å². The Bertz CT molecular complexity index is 422. The van der Waals surface area contributed by atoms with E-state index in [1.807, 2.05) is 0 Å². The number of piperidine rings is 1. The van der Waals surface area contributed by atoms with Crippen LogP contribution in [0.4, 0.5) is 0 Å². The van der Waals surface area contributed by atoms with Gasteiger partial charge in [-0.05, 0) is 18.3 Å². The van der Waals surface area contributed by atoms with Gasteiger partial charge in [0, 0.05) is 31.8 Å². The molecule has 0 bridgehead atoms. The fraction of sp³-hybridized carbons (Fsp3) is 0.875. The zero-order valence-electron chi connectivity index (χ0n) is 12.5. The molecule has 2 N–H and O–H groups in total. The Kier molecular flexibility index (Phi) is 3.95. The van der Waals surface area contributed by atoms with Crippen LogP contribution < -0.4 is 0 Å². The summed E-state index contributed by atoms with van der Waals surface area (Å²) >= 11 is 0. The van der Waals surface area contributed by atoms with Gasteiger partial charge >= 0.3 is 5.97 Å². The highest BCUT2D eigenvalue weighted by molar-refractivity contribution is 5.83. The van der Waals surface area contributed by atoms with Crippen molar-refractivity contribution in [2.24, 2.45) is 17.8 Å². The number of likely N-dealkylation sites (tertiary alicyclic amines) is 1. The van der Waals surface area contributed by atoms with Crippen molar-refractivity contribution >= 4 is 11.9 Å². The number of carboxylic acid groups (broad SMARTS) is 1. The lowest BCUT2D eigenvalue weighted by molar-refractivity contribution is -0.165. The summed E-state index contributed by atoms with van der Waals surface area (Å²) in [5, 5.41) is 18.9. The fourth-order valence-corrected chi connectivity index (χ4v) is 4.13. The molecule has 0 aromatic carbocycles. The highest BCUT2D eigenvalue weighted by Gasteiger charge is 2.50. The molecule has 2 atom stereocenters. The van der Waals surface area contributed by atoms with Crippen molar-refractivity contribution in [3.05, 3.63) is 0 Å². The summed E-state index contributed by atoms with van der Waals surface area (Å²) in [5.74, 6) is 0.495. The molecule has 1 amide bonds. The highest BCUT2D eigenvalue weighted by Crippen LogP contribution is 2.50. The van der Waals surface area contributed by atoms with E-state index in [4.69, 9.17) is 5.11 Å². The first kappa shape index (κ1) is 14.8. The van der Waals surface area contributed by atoms with Gasteiger partial charge in [-0.25, -0.2) is 4.79 Å². The molecule has 1 heterocycles. The molecule has 5 heteroatoms. The van der Waals surface area contributed by atoms with Gasteiger partial charge in [-0.2, -0.15) is 0 Å². The van der Waals surface area contributed by atoms with Crippen LogP contribution in [0.25, 0.3) is 0 Å². The van der Waals surface area contributed by atoms with Gasteiger partial charge in [0.1, 0.15) is 0 Å². The first-order valence-corrected chi connectivity index (χ1v) is 8.26. The summed E-state index contributed by atoms with van der Waals surface area (Å²) in [4.78, 5) is 25.3. The second kappa shape index (κ2) is 5.59. The minimum atomic E-state index is -1.64. The van der Waals surface area contributed by atoms with Crippen molar-refractivity contribution in [1.29, 1.82) is 0 Å². The van der Waals surface area contributed by atoms with Crippen LogP contribution in [0.5, 0.6) is 0 Å². The predicted octanol–water partition coefficient (Wildman–Crippen LogP) is 1.64. The lowest BCUT2D eigenvalue weighted by Gasteiger charge is -2.35. The summed E-state index contributed by atoms with van der Waals surface area (Å²) in [6.07, 6.45) is 7.80. The number of hydrogen-bond donors (Lipinski definition) is 2. The largest absolute Gasteiger partial charge is 0.479 e. The van der Waals surface area contributed by atoms with E-state index in [1.165, 1.54) is 32.1 Å². The third kappa shape index (κ3) is 2.93. The maximum absolute atomic E-state index is 12.5. The smallest absolute Gasteiger partial charge is 0.335 e. The van der Waals surface area contributed by atoms with Crippen LogP contribution in [0.3, 0.4) is 0 Å². The van der Waals surface area contributed by atoms with E-state index in [9.17, 15) is 14.7 Å². The molecule has 0 spiro atoms. The molecule has 2 unspecified atom stereocenters. The average molecular weight is 295 g/mol. The molecule has 5 nitrogen and oxygen atoms in total. The van der Waals surface area contributed by atoms with Crippen LogP contribution >= 0.6 is 0 Å². The van der Waals surface area contributed by atoms with Crippen molar-refractivity contribution < 1.29 is 19.8 Å². The van der Waals surface area contributed by atoms with Gasteiger partial charge in [-0.1, -0.05) is 32.1 Å². The van der Waals surface area contributed by atoms with Gasteiger partial charge < -0.3 is 15.1 Å². The Balaban J connectivity index is 1.50. The van der Waals surface area contributed by atoms with Crippen LogP contribution in [0.1, 0.15) is 51.4 Å². The van der Waals surface area contributed by atoms with Crippen molar-refractivity contribution in [1.82, 2.24) is 4.90 Å². The van der Waals surface area contributed by atoms with E-state index >= 15 is 0 Å². The number of rotatable bonds is 3. The Hall–Kier alpha value is -1.10. The van der Waals surface area contributed by atoms with E-state index in [2.05, 4.69) is 0 Å². The summed E-state index contributed by atoms with van der Waals surface area (Å²) < 4.78 is 0.